The van der Waals surface area contributed by atoms with Gasteiger partial charge in [0.25, 0.3) is 0 Å². The van der Waals surface area contributed by atoms with Gasteiger partial charge in [0.1, 0.15) is 5.78 Å². The Balaban J connectivity index is 3.12. The fourth-order valence-electron chi connectivity index (χ4n) is 1.69. The number of carbonyl (C=O) groups excluding carboxylic acids is 1. The van der Waals surface area contributed by atoms with E-state index in [0.29, 0.717) is 5.78 Å². The van der Waals surface area contributed by atoms with Crippen molar-refractivity contribution in [3.63, 3.8) is 0 Å². The summed E-state index contributed by atoms with van der Waals surface area (Å²) in [5.74, 6) is 1.16. The highest BCUT2D eigenvalue weighted by atomic mass is 16.1. The molecule has 0 aliphatic carbocycles. The van der Waals surface area contributed by atoms with Crippen LogP contribution in [0.4, 0.5) is 0 Å². The summed E-state index contributed by atoms with van der Waals surface area (Å²) < 4.78 is 0. The molecule has 0 rings (SSSR count). The third-order valence-electron chi connectivity index (χ3n) is 2.72. The fraction of sp³-hybridized carbons (Fsp3) is 0.800. The van der Waals surface area contributed by atoms with E-state index in [1.807, 2.05) is 0 Å². The van der Waals surface area contributed by atoms with E-state index in [0.717, 1.165) is 18.8 Å². The molecule has 16 heavy (non-hydrogen) atoms. The predicted octanol–water partition coefficient (Wildman–Crippen LogP) is 4.91. The number of carbonyl (C=O) groups is 1. The summed E-state index contributed by atoms with van der Waals surface area (Å²) in [6.07, 6.45) is 13.9. The monoisotopic (exact) mass is 224 g/mol. The molecule has 0 saturated heterocycles. The average Bonchev–Trinajstić information content (AvgIpc) is 2.20. The number of unbranched alkanes of at least 4 members (excludes halogenated alkanes) is 4. The molecule has 0 aromatic heterocycles. The maximum absolute atomic E-state index is 10.7. The number of Topliss-reactive ketones (excluding diaryl/α,β-unsaturated/α-hetero) is 1. The summed E-state index contributed by atoms with van der Waals surface area (Å²) >= 11 is 0. The second-order valence-corrected chi connectivity index (χ2v) is 5.10. The second-order valence-electron chi connectivity index (χ2n) is 5.10. The molecule has 0 N–H and O–H groups in total. The van der Waals surface area contributed by atoms with Gasteiger partial charge in [-0.1, -0.05) is 38.8 Å². The van der Waals surface area contributed by atoms with E-state index in [4.69, 9.17) is 0 Å². The topological polar surface area (TPSA) is 17.1 Å². The van der Waals surface area contributed by atoms with E-state index in [9.17, 15) is 4.79 Å². The molecule has 1 heteroatoms. The van der Waals surface area contributed by atoms with Crippen LogP contribution in [0.15, 0.2) is 12.2 Å². The normalized spacial score (nSPS) is 11.5. The quantitative estimate of drug-likeness (QED) is 0.381. The van der Waals surface area contributed by atoms with Crippen molar-refractivity contribution in [1.29, 1.82) is 0 Å². The first kappa shape index (κ1) is 15.4. The van der Waals surface area contributed by atoms with E-state index in [2.05, 4.69) is 26.0 Å². The van der Waals surface area contributed by atoms with Gasteiger partial charge in [-0.3, -0.25) is 0 Å². The van der Waals surface area contributed by atoms with Crippen LogP contribution in [-0.4, -0.2) is 5.78 Å². The van der Waals surface area contributed by atoms with Crippen molar-refractivity contribution in [3.8, 4) is 0 Å². The van der Waals surface area contributed by atoms with Gasteiger partial charge in [-0.25, -0.2) is 0 Å². The van der Waals surface area contributed by atoms with Crippen LogP contribution in [-0.2, 0) is 4.79 Å². The molecule has 1 nitrogen and oxygen atoms in total. The Hall–Kier alpha value is -0.590. The summed E-state index contributed by atoms with van der Waals surface area (Å²) in [6.45, 7) is 6.23. The maximum Gasteiger partial charge on any atom is 0.129 e. The van der Waals surface area contributed by atoms with Crippen LogP contribution in [0.2, 0.25) is 0 Å². The first-order valence-electron chi connectivity index (χ1n) is 6.77. The minimum Gasteiger partial charge on any atom is -0.300 e. The van der Waals surface area contributed by atoms with Crippen molar-refractivity contribution >= 4 is 5.78 Å². The summed E-state index contributed by atoms with van der Waals surface area (Å²) in [7, 11) is 0. The van der Waals surface area contributed by atoms with Gasteiger partial charge in [0.15, 0.2) is 0 Å². The molecular formula is C15H28O. The highest BCUT2D eigenvalue weighted by Gasteiger charge is 1.93. The number of hydrogen-bond acceptors (Lipinski definition) is 1. The van der Waals surface area contributed by atoms with Crippen molar-refractivity contribution in [1.82, 2.24) is 0 Å². The number of ketones is 1. The molecule has 0 radical (unpaired) electrons. The fourth-order valence-corrected chi connectivity index (χ4v) is 1.69. The highest BCUT2D eigenvalue weighted by Crippen LogP contribution is 2.08. The molecule has 0 heterocycles. The minimum absolute atomic E-state index is 0.323. The van der Waals surface area contributed by atoms with E-state index < -0.39 is 0 Å². The zero-order valence-electron chi connectivity index (χ0n) is 11.3. The van der Waals surface area contributed by atoms with Crippen LogP contribution in [0.3, 0.4) is 0 Å². The van der Waals surface area contributed by atoms with Gasteiger partial charge in [0.05, 0.1) is 0 Å². The van der Waals surface area contributed by atoms with Crippen molar-refractivity contribution < 1.29 is 4.79 Å². The molecule has 0 bridgehead atoms. The van der Waals surface area contributed by atoms with Gasteiger partial charge in [0, 0.05) is 6.42 Å². The standard InChI is InChI=1S/C15H28O/c1-14(2)12-10-8-6-4-5-7-9-11-13-15(3)16/h4,6,14H,5,7-13H2,1-3H3/b6-4-. The second kappa shape index (κ2) is 10.9. The Morgan fingerprint density at radius 3 is 2.19 bits per heavy atom. The van der Waals surface area contributed by atoms with Crippen molar-refractivity contribution in [3.05, 3.63) is 12.2 Å². The molecule has 0 aliphatic heterocycles. The molecule has 0 unspecified atom stereocenters. The molecule has 0 aromatic rings. The van der Waals surface area contributed by atoms with E-state index in [-0.39, 0.29) is 0 Å². The van der Waals surface area contributed by atoms with Gasteiger partial charge in [-0.2, -0.15) is 0 Å². The molecule has 0 fully saturated rings. The van der Waals surface area contributed by atoms with Gasteiger partial charge < -0.3 is 4.79 Å². The Labute approximate surface area is 101 Å². The van der Waals surface area contributed by atoms with Crippen molar-refractivity contribution in [2.75, 3.05) is 0 Å². The van der Waals surface area contributed by atoms with E-state index in [1.54, 1.807) is 6.92 Å². The molecular weight excluding hydrogens is 196 g/mol. The lowest BCUT2D eigenvalue weighted by molar-refractivity contribution is -0.117. The Kier molecular flexibility index (Phi) is 10.5. The van der Waals surface area contributed by atoms with Crippen LogP contribution in [0, 0.1) is 5.92 Å². The van der Waals surface area contributed by atoms with Gasteiger partial charge in [-0.15, -0.1) is 0 Å². The highest BCUT2D eigenvalue weighted by molar-refractivity contribution is 5.75. The molecule has 0 aliphatic rings. The van der Waals surface area contributed by atoms with Crippen LogP contribution >= 0.6 is 0 Å². The molecule has 0 saturated carbocycles. The van der Waals surface area contributed by atoms with E-state index in [1.165, 1.54) is 38.5 Å². The number of hydrogen-bond donors (Lipinski definition) is 0. The third-order valence-corrected chi connectivity index (χ3v) is 2.72. The van der Waals surface area contributed by atoms with Crippen molar-refractivity contribution in [2.24, 2.45) is 5.92 Å². The lowest BCUT2D eigenvalue weighted by Gasteiger charge is -2.00. The van der Waals surface area contributed by atoms with Crippen LogP contribution in [0.1, 0.15) is 72.1 Å². The largest absolute Gasteiger partial charge is 0.300 e. The number of allylic oxidation sites excluding steroid dienone is 2. The van der Waals surface area contributed by atoms with Crippen LogP contribution in [0.25, 0.3) is 0 Å². The molecule has 0 amide bonds. The zero-order valence-corrected chi connectivity index (χ0v) is 11.3. The number of rotatable bonds is 10. The van der Waals surface area contributed by atoms with Crippen molar-refractivity contribution in [2.45, 2.75) is 72.1 Å². The zero-order chi connectivity index (χ0) is 12.2. The predicted molar refractivity (Wildman–Crippen MR) is 71.6 cm³/mol. The first-order chi connectivity index (χ1) is 7.63. The summed E-state index contributed by atoms with van der Waals surface area (Å²) in [5, 5.41) is 0. The van der Waals surface area contributed by atoms with E-state index >= 15 is 0 Å². The van der Waals surface area contributed by atoms with Gasteiger partial charge in [0.2, 0.25) is 0 Å². The Bertz CT molecular complexity index is 192. The van der Waals surface area contributed by atoms with Gasteiger partial charge in [-0.05, 0) is 44.9 Å². The van der Waals surface area contributed by atoms with Crippen LogP contribution < -0.4 is 0 Å². The van der Waals surface area contributed by atoms with Gasteiger partial charge >= 0.3 is 0 Å². The smallest absolute Gasteiger partial charge is 0.129 e. The SMILES string of the molecule is CC(=O)CCCCC/C=C\CCCC(C)C. The first-order valence-corrected chi connectivity index (χ1v) is 6.77. The Morgan fingerprint density at radius 1 is 1.00 bits per heavy atom. The molecule has 0 spiro atoms. The van der Waals surface area contributed by atoms with Crippen LogP contribution in [0.5, 0.6) is 0 Å². The summed E-state index contributed by atoms with van der Waals surface area (Å²) in [6, 6.07) is 0. The Morgan fingerprint density at radius 2 is 1.62 bits per heavy atom. The maximum atomic E-state index is 10.7. The molecule has 94 valence electrons. The molecule has 0 atom stereocenters. The molecule has 0 aromatic carbocycles. The lowest BCUT2D eigenvalue weighted by atomic mass is 10.1. The summed E-state index contributed by atoms with van der Waals surface area (Å²) in [4.78, 5) is 10.7. The summed E-state index contributed by atoms with van der Waals surface area (Å²) in [5.41, 5.74) is 0. The minimum atomic E-state index is 0.323. The average molecular weight is 224 g/mol. The lowest BCUT2D eigenvalue weighted by Crippen LogP contribution is -1.88. The third kappa shape index (κ3) is 13.4.